The Bertz CT molecular complexity index is 2000. The van der Waals surface area contributed by atoms with Crippen molar-refractivity contribution in [2.75, 3.05) is 5.73 Å². The molecule has 0 atom stereocenters. The molecule has 0 unspecified atom stereocenters. The van der Waals surface area contributed by atoms with Crippen LogP contribution in [-0.4, -0.2) is 39.6 Å². The van der Waals surface area contributed by atoms with Gasteiger partial charge >= 0.3 is 0 Å². The Morgan fingerprint density at radius 3 is 1.64 bits per heavy atom. The lowest BCUT2D eigenvalue weighted by Crippen LogP contribution is -1.92. The van der Waals surface area contributed by atoms with Crippen molar-refractivity contribution in [1.29, 1.82) is 0 Å². The van der Waals surface area contributed by atoms with E-state index in [2.05, 4.69) is 34.2 Å². The Morgan fingerprint density at radius 2 is 1.16 bits per heavy atom. The SMILES string of the molecule is CC(C)c1[nH]nc2ccc([N+](=O)[O-])cc12.CC(C)c1nn(C)c2ccc(N)cc12.CC(C)c1nn(C)c2ccc([N+](=O)[O-])cc12. The van der Waals surface area contributed by atoms with Crippen LogP contribution in [0, 0.1) is 20.2 Å². The molecule has 0 spiro atoms. The highest BCUT2D eigenvalue weighted by Gasteiger charge is 2.16. The number of rotatable bonds is 5. The predicted octanol–water partition coefficient (Wildman–Crippen LogP) is 7.48. The van der Waals surface area contributed by atoms with Crippen LogP contribution in [0.5, 0.6) is 0 Å². The van der Waals surface area contributed by atoms with Crippen molar-refractivity contribution in [2.45, 2.75) is 59.3 Å². The van der Waals surface area contributed by atoms with Crippen molar-refractivity contribution < 1.29 is 9.85 Å². The number of H-pyrrole nitrogens is 1. The third-order valence-corrected chi connectivity index (χ3v) is 7.43. The van der Waals surface area contributed by atoms with Crippen molar-refractivity contribution in [2.24, 2.45) is 14.1 Å². The van der Waals surface area contributed by atoms with Crippen LogP contribution in [0.2, 0.25) is 0 Å². The van der Waals surface area contributed by atoms with Gasteiger partial charge in [0.1, 0.15) is 0 Å². The molecule has 13 heteroatoms. The number of nitro groups is 2. The van der Waals surface area contributed by atoms with E-state index < -0.39 is 4.92 Å². The first kappa shape index (κ1) is 32.6. The fraction of sp³-hybridized carbons (Fsp3) is 0.344. The van der Waals surface area contributed by atoms with Gasteiger partial charge in [0, 0.05) is 65.9 Å². The number of hydrogen-bond donors (Lipinski definition) is 2. The molecule has 0 amide bonds. The van der Waals surface area contributed by atoms with Gasteiger partial charge in [-0.25, -0.2) is 0 Å². The lowest BCUT2D eigenvalue weighted by molar-refractivity contribution is -0.384. The number of benzene rings is 3. The molecule has 6 aromatic rings. The van der Waals surface area contributed by atoms with Gasteiger partial charge in [0.05, 0.1) is 37.8 Å². The minimum atomic E-state index is -0.392. The maximum atomic E-state index is 10.7. The number of nitro benzene ring substituents is 2. The Hall–Kier alpha value is -5.33. The van der Waals surface area contributed by atoms with Crippen molar-refractivity contribution in [1.82, 2.24) is 29.8 Å². The first-order valence-corrected chi connectivity index (χ1v) is 14.6. The van der Waals surface area contributed by atoms with Gasteiger partial charge in [0.2, 0.25) is 0 Å². The van der Waals surface area contributed by atoms with Crippen LogP contribution in [-0.2, 0) is 14.1 Å². The Labute approximate surface area is 260 Å². The van der Waals surface area contributed by atoms with Gasteiger partial charge in [-0.05, 0) is 48.1 Å². The number of nitrogen functional groups attached to an aromatic ring is 1. The Kier molecular flexibility index (Phi) is 9.50. The van der Waals surface area contributed by atoms with Gasteiger partial charge in [0.25, 0.3) is 11.4 Å². The van der Waals surface area contributed by atoms with Crippen LogP contribution in [0.3, 0.4) is 0 Å². The van der Waals surface area contributed by atoms with Crippen LogP contribution in [0.25, 0.3) is 32.7 Å². The largest absolute Gasteiger partial charge is 0.399 e. The number of aromatic amines is 1. The normalized spacial score (nSPS) is 11.3. The summed E-state index contributed by atoms with van der Waals surface area (Å²) in [5.41, 5.74) is 12.6. The molecule has 0 fully saturated rings. The molecule has 6 rings (SSSR count). The molecular formula is C32H39N9O4. The van der Waals surface area contributed by atoms with Gasteiger partial charge in [-0.3, -0.25) is 34.7 Å². The summed E-state index contributed by atoms with van der Waals surface area (Å²) < 4.78 is 3.67. The Balaban J connectivity index is 0.000000154. The molecule has 0 aliphatic carbocycles. The zero-order valence-electron chi connectivity index (χ0n) is 26.8. The van der Waals surface area contributed by atoms with Crippen molar-refractivity contribution in [3.8, 4) is 0 Å². The number of hydrogen-bond acceptors (Lipinski definition) is 8. The third-order valence-electron chi connectivity index (χ3n) is 7.43. The molecule has 236 valence electrons. The lowest BCUT2D eigenvalue weighted by atomic mass is 10.1. The number of non-ortho nitro benzene ring substituents is 2. The molecule has 3 aromatic heterocycles. The fourth-order valence-corrected chi connectivity index (χ4v) is 5.13. The molecule has 0 bridgehead atoms. The number of fused-ring (bicyclic) bond motifs is 3. The first-order chi connectivity index (χ1) is 21.2. The number of nitrogens with zero attached hydrogens (tertiary/aromatic N) is 7. The van der Waals surface area contributed by atoms with E-state index in [1.807, 2.05) is 64.7 Å². The molecule has 0 saturated heterocycles. The van der Waals surface area contributed by atoms with Crippen molar-refractivity contribution >= 4 is 49.8 Å². The summed E-state index contributed by atoms with van der Waals surface area (Å²) in [6.07, 6.45) is 0. The van der Waals surface area contributed by atoms with Crippen LogP contribution in [0.4, 0.5) is 17.1 Å². The summed E-state index contributed by atoms with van der Waals surface area (Å²) in [4.78, 5) is 20.6. The standard InChI is InChI=1S/C11H13N3O2.C11H15N3.C10H11N3O2/c1-7(2)11-9-6-8(14(15)16)4-5-10(9)13(3)12-11;1-7(2)11-9-6-8(12)4-5-10(9)14(3)13-11;1-6(2)10-8-5-7(13(14)15)3-4-9(8)11-12-10/h4-7H,1-3H3;4-7H,12H2,1-3H3;3-6H,1-2H3,(H,11,12). The molecule has 45 heavy (non-hydrogen) atoms. The minimum absolute atomic E-state index is 0.103. The molecular weight excluding hydrogens is 574 g/mol. The lowest BCUT2D eigenvalue weighted by Gasteiger charge is -2.00. The smallest absolute Gasteiger partial charge is 0.270 e. The maximum Gasteiger partial charge on any atom is 0.270 e. The topological polar surface area (TPSA) is 177 Å². The molecule has 3 aromatic carbocycles. The number of anilines is 1. The molecule has 0 saturated carbocycles. The van der Waals surface area contributed by atoms with Gasteiger partial charge in [-0.2, -0.15) is 15.3 Å². The maximum absolute atomic E-state index is 10.7. The van der Waals surface area contributed by atoms with E-state index in [-0.39, 0.29) is 28.1 Å². The zero-order chi connectivity index (χ0) is 33.2. The summed E-state index contributed by atoms with van der Waals surface area (Å²) in [5.74, 6) is 0.961. The number of nitrogens with one attached hydrogen (secondary N) is 1. The van der Waals surface area contributed by atoms with E-state index in [0.717, 1.165) is 50.1 Å². The summed E-state index contributed by atoms with van der Waals surface area (Å²) in [7, 11) is 3.81. The van der Waals surface area contributed by atoms with Gasteiger partial charge < -0.3 is 5.73 Å². The molecule has 3 heterocycles. The molecule has 13 nitrogen and oxygen atoms in total. The first-order valence-electron chi connectivity index (χ1n) is 14.6. The highest BCUT2D eigenvalue weighted by Crippen LogP contribution is 2.29. The fourth-order valence-electron chi connectivity index (χ4n) is 5.13. The summed E-state index contributed by atoms with van der Waals surface area (Å²) in [6, 6.07) is 15.5. The van der Waals surface area contributed by atoms with Gasteiger partial charge in [-0.15, -0.1) is 0 Å². The van der Waals surface area contributed by atoms with E-state index >= 15 is 0 Å². The molecule has 0 aliphatic rings. The van der Waals surface area contributed by atoms with Crippen molar-refractivity contribution in [3.63, 3.8) is 0 Å². The molecule has 0 radical (unpaired) electrons. The van der Waals surface area contributed by atoms with Crippen LogP contribution in [0.1, 0.15) is 76.4 Å². The summed E-state index contributed by atoms with van der Waals surface area (Å²) >= 11 is 0. The third kappa shape index (κ3) is 6.92. The quantitative estimate of drug-likeness (QED) is 0.114. The zero-order valence-corrected chi connectivity index (χ0v) is 26.8. The number of aryl methyl sites for hydroxylation is 2. The Morgan fingerprint density at radius 1 is 0.689 bits per heavy atom. The second kappa shape index (κ2) is 13.1. The van der Waals surface area contributed by atoms with Crippen LogP contribution < -0.4 is 5.73 Å². The second-order valence-corrected chi connectivity index (χ2v) is 11.8. The van der Waals surface area contributed by atoms with Crippen molar-refractivity contribution in [3.05, 3.63) is 91.9 Å². The molecule has 3 N–H and O–H groups in total. The van der Waals surface area contributed by atoms with E-state index in [1.54, 1.807) is 28.9 Å². The minimum Gasteiger partial charge on any atom is -0.399 e. The van der Waals surface area contributed by atoms with Crippen LogP contribution >= 0.6 is 0 Å². The van der Waals surface area contributed by atoms with E-state index in [9.17, 15) is 20.2 Å². The summed E-state index contributed by atoms with van der Waals surface area (Å²) in [5, 5.41) is 40.1. The van der Waals surface area contributed by atoms with Gasteiger partial charge in [-0.1, -0.05) is 41.5 Å². The van der Waals surface area contributed by atoms with Crippen LogP contribution in [0.15, 0.2) is 54.6 Å². The van der Waals surface area contributed by atoms with E-state index in [0.29, 0.717) is 5.92 Å². The monoisotopic (exact) mass is 613 g/mol. The highest BCUT2D eigenvalue weighted by molar-refractivity contribution is 5.86. The molecule has 0 aliphatic heterocycles. The highest BCUT2D eigenvalue weighted by atomic mass is 16.6. The van der Waals surface area contributed by atoms with E-state index in [4.69, 9.17) is 5.73 Å². The average molecular weight is 614 g/mol. The number of aromatic nitrogens is 6. The van der Waals surface area contributed by atoms with E-state index in [1.165, 1.54) is 17.5 Å². The van der Waals surface area contributed by atoms with Gasteiger partial charge in [0.15, 0.2) is 0 Å². The number of nitrogens with two attached hydrogens (primary N) is 1. The second-order valence-electron chi connectivity index (χ2n) is 11.8. The summed E-state index contributed by atoms with van der Waals surface area (Å²) in [6.45, 7) is 12.4. The predicted molar refractivity (Wildman–Crippen MR) is 178 cm³/mol. The average Bonchev–Trinajstić information content (AvgIpc) is 3.66.